The molecular formula is C15H19Cl2N3O2S. The number of nitrogens with zero attached hydrogens (tertiary/aromatic N) is 1. The monoisotopic (exact) mass is 375 g/mol. The Hall–Kier alpha value is -1.08. The molecule has 0 aromatic heterocycles. The van der Waals surface area contributed by atoms with Crippen LogP contribution in [0.3, 0.4) is 0 Å². The van der Waals surface area contributed by atoms with Gasteiger partial charge in [-0.2, -0.15) is 5.10 Å². The summed E-state index contributed by atoms with van der Waals surface area (Å²) in [5, 5.41) is 18.4. The van der Waals surface area contributed by atoms with E-state index < -0.39 is 0 Å². The summed E-state index contributed by atoms with van der Waals surface area (Å²) in [6, 6.07) is 3.10. The van der Waals surface area contributed by atoms with Crippen LogP contribution in [-0.2, 0) is 4.74 Å². The van der Waals surface area contributed by atoms with Crippen molar-refractivity contribution in [1.29, 1.82) is 0 Å². The number of halogens is 2. The molecule has 23 heavy (non-hydrogen) atoms. The van der Waals surface area contributed by atoms with Crippen LogP contribution in [0.2, 0.25) is 10.0 Å². The van der Waals surface area contributed by atoms with Crippen molar-refractivity contribution in [3.8, 4) is 5.75 Å². The van der Waals surface area contributed by atoms with Gasteiger partial charge in [-0.25, -0.2) is 0 Å². The van der Waals surface area contributed by atoms with Crippen LogP contribution in [-0.4, -0.2) is 35.2 Å². The molecule has 1 aromatic carbocycles. The third-order valence-corrected chi connectivity index (χ3v) is 4.22. The van der Waals surface area contributed by atoms with E-state index >= 15 is 0 Å². The molecule has 1 aliphatic heterocycles. The fourth-order valence-corrected chi connectivity index (χ4v) is 2.91. The van der Waals surface area contributed by atoms with Crippen LogP contribution in [0.4, 0.5) is 0 Å². The van der Waals surface area contributed by atoms with Crippen molar-refractivity contribution in [3.63, 3.8) is 0 Å². The molecule has 5 nitrogen and oxygen atoms in total. The molecule has 1 saturated heterocycles. The van der Waals surface area contributed by atoms with Crippen LogP contribution < -0.4 is 10.7 Å². The molecule has 1 fully saturated rings. The maximum atomic E-state index is 10.1. The van der Waals surface area contributed by atoms with Crippen LogP contribution >= 0.6 is 35.4 Å². The number of nitrogens with one attached hydrogen (secondary N) is 2. The van der Waals surface area contributed by atoms with Crippen LogP contribution in [0.15, 0.2) is 17.2 Å². The molecule has 1 heterocycles. The molecule has 3 N–H and O–H groups in total. The van der Waals surface area contributed by atoms with E-state index in [4.69, 9.17) is 40.2 Å². The van der Waals surface area contributed by atoms with E-state index in [0.29, 0.717) is 34.4 Å². The van der Waals surface area contributed by atoms with Crippen LogP contribution in [0, 0.1) is 0 Å². The van der Waals surface area contributed by atoms with Gasteiger partial charge in [0.15, 0.2) is 5.11 Å². The van der Waals surface area contributed by atoms with E-state index in [0.717, 1.165) is 19.4 Å². The number of phenols is 1. The summed E-state index contributed by atoms with van der Waals surface area (Å²) < 4.78 is 5.51. The Morgan fingerprint density at radius 3 is 2.91 bits per heavy atom. The first-order valence-corrected chi connectivity index (χ1v) is 8.58. The molecule has 0 radical (unpaired) electrons. The number of ether oxygens (including phenoxy) is 1. The zero-order valence-electron chi connectivity index (χ0n) is 12.7. The molecule has 2 rings (SSSR count). The molecule has 0 aliphatic carbocycles. The van der Waals surface area contributed by atoms with Crippen molar-refractivity contribution in [2.24, 2.45) is 5.10 Å². The minimum absolute atomic E-state index is 0.0447. The highest BCUT2D eigenvalue weighted by Gasteiger charge is 2.16. The predicted molar refractivity (Wildman–Crippen MR) is 97.7 cm³/mol. The number of aromatic hydroxyl groups is 1. The van der Waals surface area contributed by atoms with Gasteiger partial charge in [-0.1, -0.05) is 30.1 Å². The summed E-state index contributed by atoms with van der Waals surface area (Å²) in [5.74, 6) is -0.0447. The average molecular weight is 376 g/mol. The molecule has 126 valence electrons. The Morgan fingerprint density at radius 1 is 1.48 bits per heavy atom. The predicted octanol–water partition coefficient (Wildman–Crippen LogP) is 3.46. The third kappa shape index (κ3) is 5.21. The van der Waals surface area contributed by atoms with Gasteiger partial charge in [0.1, 0.15) is 5.75 Å². The molecule has 1 unspecified atom stereocenters. The zero-order valence-corrected chi connectivity index (χ0v) is 15.1. The number of benzene rings is 1. The molecule has 1 aliphatic rings. The van der Waals surface area contributed by atoms with Crippen molar-refractivity contribution < 1.29 is 9.84 Å². The van der Waals surface area contributed by atoms with Gasteiger partial charge < -0.3 is 15.2 Å². The van der Waals surface area contributed by atoms with Gasteiger partial charge in [-0.3, -0.25) is 5.43 Å². The highest BCUT2D eigenvalue weighted by molar-refractivity contribution is 7.80. The van der Waals surface area contributed by atoms with E-state index in [1.165, 1.54) is 6.07 Å². The quantitative estimate of drug-likeness (QED) is 0.417. The van der Waals surface area contributed by atoms with E-state index in [1.54, 1.807) is 6.07 Å². The standard InChI is InChI=1S/C15H19Cl2N3O2S/c1-2-13(11-6-9(16)7-12(17)14(11)21)19-20-15(23)18-8-10-4-3-5-22-10/h6-7,10,21H,2-5,8H2,1H3,(H2,18,20,23)/b19-13+. The van der Waals surface area contributed by atoms with E-state index in [2.05, 4.69) is 15.8 Å². The Bertz CT molecular complexity index is 605. The lowest BCUT2D eigenvalue weighted by Gasteiger charge is -2.13. The lowest BCUT2D eigenvalue weighted by Crippen LogP contribution is -2.37. The second-order valence-corrected chi connectivity index (χ2v) is 6.40. The first-order chi connectivity index (χ1) is 11.0. The number of hydrazone groups is 1. The molecular weight excluding hydrogens is 357 g/mol. The minimum Gasteiger partial charge on any atom is -0.506 e. The lowest BCUT2D eigenvalue weighted by molar-refractivity contribution is 0.114. The van der Waals surface area contributed by atoms with Crippen molar-refractivity contribution in [2.75, 3.05) is 13.2 Å². The lowest BCUT2D eigenvalue weighted by atomic mass is 10.1. The summed E-state index contributed by atoms with van der Waals surface area (Å²) in [6.07, 6.45) is 2.89. The number of thiocarbonyl (C=S) groups is 1. The summed E-state index contributed by atoms with van der Waals surface area (Å²) in [4.78, 5) is 0. The number of hydrogen-bond donors (Lipinski definition) is 3. The Balaban J connectivity index is 1.99. The first kappa shape index (κ1) is 18.3. The Labute approximate surface area is 151 Å². The summed E-state index contributed by atoms with van der Waals surface area (Å²) in [6.45, 7) is 3.37. The molecule has 0 spiro atoms. The van der Waals surface area contributed by atoms with Gasteiger partial charge in [-0.05, 0) is 43.6 Å². The topological polar surface area (TPSA) is 65.9 Å². The smallest absolute Gasteiger partial charge is 0.187 e. The average Bonchev–Trinajstić information content (AvgIpc) is 3.03. The molecule has 0 saturated carbocycles. The summed E-state index contributed by atoms with van der Waals surface area (Å²) >= 11 is 17.1. The Morgan fingerprint density at radius 2 is 2.26 bits per heavy atom. The minimum atomic E-state index is -0.0447. The first-order valence-electron chi connectivity index (χ1n) is 7.41. The van der Waals surface area contributed by atoms with Gasteiger partial charge in [-0.15, -0.1) is 0 Å². The molecule has 1 aromatic rings. The second kappa shape index (κ2) is 8.68. The van der Waals surface area contributed by atoms with Gasteiger partial charge in [0.05, 0.1) is 16.8 Å². The number of rotatable bonds is 5. The van der Waals surface area contributed by atoms with Gasteiger partial charge in [0.25, 0.3) is 0 Å². The molecule has 1 atom stereocenters. The molecule has 0 amide bonds. The highest BCUT2D eigenvalue weighted by Crippen LogP contribution is 2.32. The maximum absolute atomic E-state index is 10.1. The molecule has 8 heteroatoms. The van der Waals surface area contributed by atoms with E-state index in [9.17, 15) is 5.11 Å². The third-order valence-electron chi connectivity index (χ3n) is 3.48. The van der Waals surface area contributed by atoms with Crippen molar-refractivity contribution in [1.82, 2.24) is 10.7 Å². The van der Waals surface area contributed by atoms with Crippen molar-refractivity contribution in [3.05, 3.63) is 27.7 Å². The largest absolute Gasteiger partial charge is 0.506 e. The van der Waals surface area contributed by atoms with Gasteiger partial charge >= 0.3 is 0 Å². The van der Waals surface area contributed by atoms with Crippen molar-refractivity contribution >= 4 is 46.2 Å². The summed E-state index contributed by atoms with van der Waals surface area (Å²) in [7, 11) is 0. The number of phenolic OH excluding ortho intramolecular Hbond substituents is 1. The Kier molecular flexibility index (Phi) is 6.89. The van der Waals surface area contributed by atoms with Gasteiger partial charge in [0, 0.05) is 23.7 Å². The maximum Gasteiger partial charge on any atom is 0.187 e. The zero-order chi connectivity index (χ0) is 16.8. The van der Waals surface area contributed by atoms with E-state index in [1.807, 2.05) is 6.92 Å². The summed E-state index contributed by atoms with van der Waals surface area (Å²) in [5.41, 5.74) is 3.87. The van der Waals surface area contributed by atoms with Crippen LogP contribution in [0.25, 0.3) is 0 Å². The normalized spacial score (nSPS) is 18.0. The fraction of sp³-hybridized carbons (Fsp3) is 0.467. The second-order valence-electron chi connectivity index (χ2n) is 5.15. The van der Waals surface area contributed by atoms with Crippen LogP contribution in [0.5, 0.6) is 5.75 Å². The molecule has 0 bridgehead atoms. The van der Waals surface area contributed by atoms with E-state index in [-0.39, 0.29) is 16.9 Å². The van der Waals surface area contributed by atoms with Gasteiger partial charge in [0.2, 0.25) is 0 Å². The van der Waals surface area contributed by atoms with Crippen molar-refractivity contribution in [2.45, 2.75) is 32.3 Å². The van der Waals surface area contributed by atoms with Crippen LogP contribution in [0.1, 0.15) is 31.7 Å². The fourth-order valence-electron chi connectivity index (χ4n) is 2.29. The highest BCUT2D eigenvalue weighted by atomic mass is 35.5. The number of hydrogen-bond acceptors (Lipinski definition) is 4. The SMILES string of the molecule is CC/C(=N\NC(=S)NCC1CCCO1)c1cc(Cl)cc(Cl)c1O.